The van der Waals surface area contributed by atoms with Gasteiger partial charge in [-0.25, -0.2) is 18.2 Å². The van der Waals surface area contributed by atoms with E-state index in [0.717, 1.165) is 74.7 Å². The number of sulfonamides is 1. The molecule has 15 nitrogen and oxygen atoms in total. The molecule has 3 aliphatic carbocycles. The quantitative estimate of drug-likeness (QED) is 0.311. The number of fused-ring (bicyclic) bond motifs is 5. The van der Waals surface area contributed by atoms with Crippen LogP contribution >= 0.6 is 0 Å². The largest absolute Gasteiger partial charge is 0.489 e. The van der Waals surface area contributed by atoms with E-state index in [1.54, 1.807) is 6.92 Å². The van der Waals surface area contributed by atoms with Gasteiger partial charge in [-0.05, 0) is 95.2 Å². The lowest BCUT2D eigenvalue weighted by Crippen LogP contribution is -2.60. The summed E-state index contributed by atoms with van der Waals surface area (Å²) in [5, 5.41) is 6.61. The van der Waals surface area contributed by atoms with Crippen LogP contribution in [0.4, 0.5) is 4.79 Å². The molecule has 332 valence electrons. The number of pyridine rings is 1. The first-order chi connectivity index (χ1) is 28.9. The number of rotatable bonds is 8. The van der Waals surface area contributed by atoms with Crippen molar-refractivity contribution < 1.29 is 41.8 Å². The van der Waals surface area contributed by atoms with Crippen LogP contribution < -0.4 is 24.8 Å². The summed E-state index contributed by atoms with van der Waals surface area (Å²) in [7, 11) is -1.89. The zero-order valence-corrected chi connectivity index (χ0v) is 37.0. The van der Waals surface area contributed by atoms with E-state index < -0.39 is 73.6 Å². The van der Waals surface area contributed by atoms with Crippen molar-refractivity contribution in [2.45, 2.75) is 145 Å². The van der Waals surface area contributed by atoms with Crippen LogP contribution in [0.3, 0.4) is 0 Å². The molecular formula is C45H62N6O9S. The lowest BCUT2D eigenvalue weighted by molar-refractivity contribution is -0.142. The summed E-state index contributed by atoms with van der Waals surface area (Å²) in [6.07, 6.45) is 7.76. The molecule has 8 rings (SSSR count). The monoisotopic (exact) mass is 862 g/mol. The van der Waals surface area contributed by atoms with Crippen LogP contribution in [0.2, 0.25) is 0 Å². The Morgan fingerprint density at radius 3 is 2.48 bits per heavy atom. The van der Waals surface area contributed by atoms with E-state index in [1.807, 2.05) is 45.0 Å². The normalized spacial score (nSPS) is 30.9. The Bertz CT molecular complexity index is 2180. The van der Waals surface area contributed by atoms with Gasteiger partial charge >= 0.3 is 6.09 Å². The summed E-state index contributed by atoms with van der Waals surface area (Å²) in [6, 6.07) is 5.62. The highest BCUT2D eigenvalue weighted by atomic mass is 32.2. The van der Waals surface area contributed by atoms with E-state index in [-0.39, 0.29) is 37.5 Å². The van der Waals surface area contributed by atoms with Crippen LogP contribution in [0, 0.1) is 17.3 Å². The van der Waals surface area contributed by atoms with E-state index >= 15 is 0 Å². The Morgan fingerprint density at radius 1 is 1.05 bits per heavy atom. The van der Waals surface area contributed by atoms with E-state index in [4.69, 9.17) is 19.2 Å². The SMILES string of the molecule is C=CC1CC1(NC(=O)C1CC2CN1C(=O)C(C(C)(C)C)NC(=O)OC1CC1CCCCCc1c(nc3ccccc3c1OC1CCN(C)CC1)O2)C(=O)NS(=O)(=O)C1(C)CC1. The molecule has 6 aliphatic rings. The van der Waals surface area contributed by atoms with Gasteiger partial charge in [-0.15, -0.1) is 6.58 Å². The number of ether oxygens (including phenoxy) is 3. The Balaban J connectivity index is 1.14. The molecular weight excluding hydrogens is 801 g/mol. The Kier molecular flexibility index (Phi) is 11.6. The standard InChI is InChI=1S/C45H62N6O9S/c1-7-28-25-45(28,41(54)49-61(56,57)44(5)19-20-44)48-38(52)34-24-30-26-51(34)40(53)37(43(2,3)4)47-42(55)60-35-23-27(35)13-9-8-10-15-32-36(58-29-17-21-50(6)22-18-29)31-14-11-12-16-33(31)46-39(32)59-30/h7,11-12,14,16,27-30,34-35,37H,1,8-10,13,15,17-26H2,2-6H3,(H,47,55)(H,48,52)(H,49,54). The second-order valence-electron chi connectivity index (χ2n) is 19.7. The minimum Gasteiger partial charge on any atom is -0.489 e. The molecule has 4 amide bonds. The Morgan fingerprint density at radius 2 is 1.79 bits per heavy atom. The summed E-state index contributed by atoms with van der Waals surface area (Å²) in [4.78, 5) is 65.5. The number of para-hydroxylation sites is 1. The zero-order valence-electron chi connectivity index (χ0n) is 36.2. The molecule has 5 fully saturated rings. The number of likely N-dealkylation sites (tertiary alicyclic amines) is 1. The van der Waals surface area contributed by atoms with Gasteiger partial charge in [-0.3, -0.25) is 19.1 Å². The second-order valence-corrected chi connectivity index (χ2v) is 21.9. The number of aromatic nitrogens is 1. The summed E-state index contributed by atoms with van der Waals surface area (Å²) in [5.74, 6) is -1.13. The summed E-state index contributed by atoms with van der Waals surface area (Å²) < 4.78 is 47.1. The van der Waals surface area contributed by atoms with Gasteiger partial charge in [0.1, 0.15) is 41.7 Å². The fourth-order valence-electron chi connectivity index (χ4n) is 9.23. The molecule has 4 heterocycles. The Hall–Kier alpha value is -4.44. The molecule has 0 spiro atoms. The minimum atomic E-state index is -4.01. The number of hydrogen-bond acceptors (Lipinski definition) is 11. The van der Waals surface area contributed by atoms with Gasteiger partial charge in [0.2, 0.25) is 27.7 Å². The average molecular weight is 863 g/mol. The first kappa shape index (κ1) is 43.2. The predicted molar refractivity (Wildman–Crippen MR) is 228 cm³/mol. The van der Waals surface area contributed by atoms with Crippen LogP contribution in [-0.4, -0.2) is 114 Å². The molecule has 1 aromatic carbocycles. The van der Waals surface area contributed by atoms with Gasteiger partial charge in [-0.1, -0.05) is 51.8 Å². The number of alkyl carbamates (subject to hydrolysis) is 1. The number of nitrogens with one attached hydrogen (secondary N) is 3. The van der Waals surface area contributed by atoms with Gasteiger partial charge < -0.3 is 34.6 Å². The number of piperidine rings is 1. The highest BCUT2D eigenvalue weighted by molar-refractivity contribution is 7.91. The van der Waals surface area contributed by atoms with Crippen molar-refractivity contribution in [1.29, 1.82) is 0 Å². The third-order valence-electron chi connectivity index (χ3n) is 13.9. The second kappa shape index (κ2) is 16.4. The molecule has 7 unspecified atom stereocenters. The average Bonchev–Trinajstić information content (AvgIpc) is 4.17. The molecule has 1 aromatic heterocycles. The predicted octanol–water partition coefficient (Wildman–Crippen LogP) is 4.76. The van der Waals surface area contributed by atoms with Crippen LogP contribution in [0.5, 0.6) is 11.6 Å². The van der Waals surface area contributed by atoms with Gasteiger partial charge in [0.25, 0.3) is 5.91 Å². The van der Waals surface area contributed by atoms with Gasteiger partial charge in [0, 0.05) is 30.8 Å². The first-order valence-corrected chi connectivity index (χ1v) is 23.6. The van der Waals surface area contributed by atoms with Crippen LogP contribution in [-0.2, 0) is 35.6 Å². The van der Waals surface area contributed by atoms with E-state index in [9.17, 15) is 27.6 Å². The lowest BCUT2D eigenvalue weighted by Gasteiger charge is -2.35. The maximum absolute atomic E-state index is 14.9. The summed E-state index contributed by atoms with van der Waals surface area (Å²) in [6.45, 7) is 12.7. The van der Waals surface area contributed by atoms with Crippen molar-refractivity contribution in [3.05, 3.63) is 42.5 Å². The van der Waals surface area contributed by atoms with Crippen molar-refractivity contribution in [3.63, 3.8) is 0 Å². The smallest absolute Gasteiger partial charge is 0.408 e. The van der Waals surface area contributed by atoms with E-state index in [2.05, 4.69) is 33.9 Å². The lowest BCUT2D eigenvalue weighted by atomic mass is 9.85. The van der Waals surface area contributed by atoms with Crippen LogP contribution in [0.15, 0.2) is 36.9 Å². The van der Waals surface area contributed by atoms with E-state index in [1.165, 1.54) is 11.0 Å². The Labute approximate surface area is 359 Å². The molecule has 3 aliphatic heterocycles. The van der Waals surface area contributed by atoms with Gasteiger partial charge in [-0.2, -0.15) is 0 Å². The number of carbonyl (C=O) groups is 4. The molecule has 2 saturated heterocycles. The number of amides is 4. The maximum Gasteiger partial charge on any atom is 0.408 e. The molecule has 3 saturated carbocycles. The third-order valence-corrected chi connectivity index (χ3v) is 16.0. The number of nitrogens with zero attached hydrogens (tertiary/aromatic N) is 3. The number of carbonyl (C=O) groups excluding carboxylic acids is 4. The molecule has 7 atom stereocenters. The maximum atomic E-state index is 14.9. The molecule has 2 bridgehead atoms. The van der Waals surface area contributed by atoms with Crippen molar-refractivity contribution in [3.8, 4) is 11.6 Å². The topological polar surface area (TPSA) is 186 Å². The number of benzene rings is 1. The first-order valence-electron chi connectivity index (χ1n) is 22.1. The fourth-order valence-corrected chi connectivity index (χ4v) is 10.5. The number of hydrogen-bond donors (Lipinski definition) is 3. The fraction of sp³-hybridized carbons (Fsp3) is 0.667. The van der Waals surface area contributed by atoms with Crippen molar-refractivity contribution >= 4 is 44.7 Å². The van der Waals surface area contributed by atoms with Crippen molar-refractivity contribution in [2.24, 2.45) is 17.3 Å². The molecule has 0 radical (unpaired) electrons. The summed E-state index contributed by atoms with van der Waals surface area (Å²) >= 11 is 0. The highest BCUT2D eigenvalue weighted by Gasteiger charge is 2.63. The van der Waals surface area contributed by atoms with Gasteiger partial charge in [0.05, 0.1) is 22.4 Å². The highest BCUT2D eigenvalue weighted by Crippen LogP contribution is 2.47. The van der Waals surface area contributed by atoms with Crippen molar-refractivity contribution in [2.75, 3.05) is 26.7 Å². The third kappa shape index (κ3) is 8.93. The molecule has 61 heavy (non-hydrogen) atoms. The van der Waals surface area contributed by atoms with Crippen LogP contribution in [0.25, 0.3) is 10.9 Å². The zero-order chi connectivity index (χ0) is 43.5. The minimum absolute atomic E-state index is 0.0108. The van der Waals surface area contributed by atoms with E-state index in [0.29, 0.717) is 30.7 Å². The molecule has 2 aromatic rings. The van der Waals surface area contributed by atoms with Crippen molar-refractivity contribution in [1.82, 2.24) is 30.1 Å². The summed E-state index contributed by atoms with van der Waals surface area (Å²) in [5.41, 5.74) is -0.818. The molecule has 3 N–H and O–H groups in total. The van der Waals surface area contributed by atoms with Crippen LogP contribution in [0.1, 0.15) is 104 Å². The molecule has 16 heteroatoms. The van der Waals surface area contributed by atoms with Gasteiger partial charge in [0.15, 0.2) is 0 Å².